The maximum atomic E-state index is 5.15. The monoisotopic (exact) mass is 250 g/mol. The standard InChI is InChI=1S/C13H22N4O/c1-10(9-17-6-4-5-7-17)14-12-8-13(18-3)16-11(2)15-12/h8,10H,4-7,9H2,1-3H3,(H,14,15,16). The third-order valence-electron chi connectivity index (χ3n) is 3.15. The Kier molecular flexibility index (Phi) is 4.36. The van der Waals surface area contributed by atoms with Gasteiger partial charge in [0.25, 0.3) is 0 Å². The molecule has 0 aromatic carbocycles. The number of aryl methyl sites for hydroxylation is 1. The average Bonchev–Trinajstić information content (AvgIpc) is 2.80. The van der Waals surface area contributed by atoms with Crippen LogP contribution in [0.15, 0.2) is 6.07 Å². The van der Waals surface area contributed by atoms with Crippen LogP contribution in [0.3, 0.4) is 0 Å². The van der Waals surface area contributed by atoms with E-state index in [1.54, 1.807) is 7.11 Å². The summed E-state index contributed by atoms with van der Waals surface area (Å²) in [5, 5.41) is 3.41. The lowest BCUT2D eigenvalue weighted by Gasteiger charge is -2.21. The molecule has 5 heteroatoms. The van der Waals surface area contributed by atoms with Crippen LogP contribution in [0.1, 0.15) is 25.6 Å². The van der Waals surface area contributed by atoms with Gasteiger partial charge in [0, 0.05) is 18.7 Å². The first-order valence-electron chi connectivity index (χ1n) is 6.56. The van der Waals surface area contributed by atoms with Crippen molar-refractivity contribution in [1.82, 2.24) is 14.9 Å². The molecule has 0 bridgehead atoms. The summed E-state index contributed by atoms with van der Waals surface area (Å²) in [6.07, 6.45) is 2.65. The van der Waals surface area contributed by atoms with Crippen molar-refractivity contribution in [2.45, 2.75) is 32.7 Å². The van der Waals surface area contributed by atoms with E-state index in [0.717, 1.165) is 18.2 Å². The van der Waals surface area contributed by atoms with Crippen molar-refractivity contribution in [2.75, 3.05) is 32.1 Å². The molecule has 18 heavy (non-hydrogen) atoms. The van der Waals surface area contributed by atoms with Crippen molar-refractivity contribution in [2.24, 2.45) is 0 Å². The van der Waals surface area contributed by atoms with E-state index in [4.69, 9.17) is 4.74 Å². The molecule has 1 unspecified atom stereocenters. The van der Waals surface area contributed by atoms with Gasteiger partial charge in [0.15, 0.2) is 0 Å². The summed E-state index contributed by atoms with van der Waals surface area (Å²) in [7, 11) is 1.62. The lowest BCUT2D eigenvalue weighted by molar-refractivity contribution is 0.327. The van der Waals surface area contributed by atoms with Gasteiger partial charge in [-0.15, -0.1) is 0 Å². The molecule has 0 saturated carbocycles. The molecular weight excluding hydrogens is 228 g/mol. The summed E-state index contributed by atoms with van der Waals surface area (Å²) in [5.41, 5.74) is 0. The number of hydrogen-bond acceptors (Lipinski definition) is 5. The second-order valence-electron chi connectivity index (χ2n) is 4.90. The molecule has 0 spiro atoms. The first-order chi connectivity index (χ1) is 8.67. The summed E-state index contributed by atoms with van der Waals surface area (Å²) < 4.78 is 5.15. The molecule has 0 radical (unpaired) electrons. The van der Waals surface area contributed by atoms with Crippen molar-refractivity contribution in [3.63, 3.8) is 0 Å². The smallest absolute Gasteiger partial charge is 0.218 e. The van der Waals surface area contributed by atoms with Crippen molar-refractivity contribution in [3.05, 3.63) is 11.9 Å². The van der Waals surface area contributed by atoms with E-state index in [2.05, 4.69) is 27.1 Å². The van der Waals surface area contributed by atoms with Crippen LogP contribution in [0.4, 0.5) is 5.82 Å². The maximum Gasteiger partial charge on any atom is 0.218 e. The summed E-state index contributed by atoms with van der Waals surface area (Å²) in [6, 6.07) is 2.22. The van der Waals surface area contributed by atoms with Gasteiger partial charge in [-0.25, -0.2) is 4.98 Å². The number of rotatable bonds is 5. The first-order valence-corrected chi connectivity index (χ1v) is 6.56. The summed E-state index contributed by atoms with van der Waals surface area (Å²) >= 11 is 0. The lowest BCUT2D eigenvalue weighted by atomic mass is 10.3. The van der Waals surface area contributed by atoms with E-state index in [1.165, 1.54) is 25.9 Å². The predicted octanol–water partition coefficient (Wildman–Crippen LogP) is 1.69. The van der Waals surface area contributed by atoms with Crippen LogP contribution >= 0.6 is 0 Å². The fourth-order valence-corrected chi connectivity index (χ4v) is 2.37. The molecule has 5 nitrogen and oxygen atoms in total. The summed E-state index contributed by atoms with van der Waals surface area (Å²) in [5.74, 6) is 2.18. The number of methoxy groups -OCH3 is 1. The largest absolute Gasteiger partial charge is 0.481 e. The number of aromatic nitrogens is 2. The average molecular weight is 250 g/mol. The zero-order valence-corrected chi connectivity index (χ0v) is 11.4. The van der Waals surface area contributed by atoms with E-state index in [0.29, 0.717) is 11.9 Å². The molecule has 1 aliphatic heterocycles. The molecule has 1 atom stereocenters. The van der Waals surface area contributed by atoms with Crippen LogP contribution in [0.25, 0.3) is 0 Å². The first kappa shape index (κ1) is 13.1. The predicted molar refractivity (Wildman–Crippen MR) is 72.1 cm³/mol. The Hall–Kier alpha value is -1.36. The third kappa shape index (κ3) is 3.57. The minimum Gasteiger partial charge on any atom is -0.481 e. The molecule has 2 heterocycles. The van der Waals surface area contributed by atoms with Crippen LogP contribution in [-0.4, -0.2) is 47.7 Å². The Balaban J connectivity index is 1.93. The van der Waals surface area contributed by atoms with Crippen LogP contribution in [-0.2, 0) is 0 Å². The van der Waals surface area contributed by atoms with Crippen LogP contribution in [0.5, 0.6) is 5.88 Å². The molecule has 1 aromatic rings. The minimum atomic E-state index is 0.377. The zero-order chi connectivity index (χ0) is 13.0. The summed E-state index contributed by atoms with van der Waals surface area (Å²) in [4.78, 5) is 11.0. The van der Waals surface area contributed by atoms with Gasteiger partial charge in [0.05, 0.1) is 7.11 Å². The highest BCUT2D eigenvalue weighted by molar-refractivity contribution is 5.39. The molecule has 1 saturated heterocycles. The second kappa shape index (κ2) is 6.00. The molecule has 2 rings (SSSR count). The SMILES string of the molecule is COc1cc(NC(C)CN2CCCC2)nc(C)n1. The molecule has 100 valence electrons. The number of anilines is 1. The van der Waals surface area contributed by atoms with Crippen LogP contribution in [0.2, 0.25) is 0 Å². The quantitative estimate of drug-likeness (QED) is 0.862. The van der Waals surface area contributed by atoms with Gasteiger partial charge in [-0.05, 0) is 39.8 Å². The maximum absolute atomic E-state index is 5.15. The highest BCUT2D eigenvalue weighted by Gasteiger charge is 2.15. The number of ether oxygens (including phenoxy) is 1. The number of nitrogens with one attached hydrogen (secondary N) is 1. The Morgan fingerprint density at radius 2 is 2.11 bits per heavy atom. The molecular formula is C13H22N4O. The fraction of sp³-hybridized carbons (Fsp3) is 0.692. The van der Waals surface area contributed by atoms with Gasteiger partial charge in [-0.3, -0.25) is 0 Å². The Bertz CT molecular complexity index is 391. The fourth-order valence-electron chi connectivity index (χ4n) is 2.37. The Morgan fingerprint density at radius 1 is 1.39 bits per heavy atom. The van der Waals surface area contributed by atoms with Crippen LogP contribution < -0.4 is 10.1 Å². The molecule has 1 N–H and O–H groups in total. The van der Waals surface area contributed by atoms with Gasteiger partial charge < -0.3 is 15.0 Å². The van der Waals surface area contributed by atoms with Crippen molar-refractivity contribution >= 4 is 5.82 Å². The Labute approximate surface area is 109 Å². The van der Waals surface area contributed by atoms with Crippen molar-refractivity contribution in [3.8, 4) is 5.88 Å². The minimum absolute atomic E-state index is 0.377. The van der Waals surface area contributed by atoms with Gasteiger partial charge in [0.2, 0.25) is 5.88 Å². The van der Waals surface area contributed by atoms with E-state index < -0.39 is 0 Å². The van der Waals surface area contributed by atoms with Gasteiger partial charge >= 0.3 is 0 Å². The van der Waals surface area contributed by atoms with E-state index in [1.807, 2.05) is 13.0 Å². The normalized spacial score (nSPS) is 17.7. The number of hydrogen-bond donors (Lipinski definition) is 1. The van der Waals surface area contributed by atoms with Crippen molar-refractivity contribution < 1.29 is 4.74 Å². The number of nitrogens with zero attached hydrogens (tertiary/aromatic N) is 3. The van der Waals surface area contributed by atoms with Crippen LogP contribution in [0, 0.1) is 6.92 Å². The van der Waals surface area contributed by atoms with Gasteiger partial charge in [-0.2, -0.15) is 4.98 Å². The topological polar surface area (TPSA) is 50.3 Å². The highest BCUT2D eigenvalue weighted by Crippen LogP contribution is 2.14. The van der Waals surface area contributed by atoms with Crippen molar-refractivity contribution in [1.29, 1.82) is 0 Å². The van der Waals surface area contributed by atoms with E-state index >= 15 is 0 Å². The molecule has 1 aromatic heterocycles. The molecule has 1 aliphatic rings. The third-order valence-corrected chi connectivity index (χ3v) is 3.15. The Morgan fingerprint density at radius 3 is 2.78 bits per heavy atom. The van der Waals surface area contributed by atoms with E-state index in [-0.39, 0.29) is 0 Å². The lowest BCUT2D eigenvalue weighted by Crippen LogP contribution is -2.33. The molecule has 0 aliphatic carbocycles. The van der Waals surface area contributed by atoms with Gasteiger partial charge in [-0.1, -0.05) is 0 Å². The second-order valence-corrected chi connectivity index (χ2v) is 4.90. The highest BCUT2D eigenvalue weighted by atomic mass is 16.5. The van der Waals surface area contributed by atoms with Gasteiger partial charge in [0.1, 0.15) is 11.6 Å². The zero-order valence-electron chi connectivity index (χ0n) is 11.4. The molecule has 0 amide bonds. The van der Waals surface area contributed by atoms with E-state index in [9.17, 15) is 0 Å². The molecule has 1 fully saturated rings. The number of likely N-dealkylation sites (tertiary alicyclic amines) is 1. The summed E-state index contributed by atoms with van der Waals surface area (Å²) in [6.45, 7) is 7.56.